The number of imidazole rings is 1. The van der Waals surface area contributed by atoms with Crippen LogP contribution in [-0.2, 0) is 9.57 Å². The van der Waals surface area contributed by atoms with Crippen molar-refractivity contribution >= 4 is 29.1 Å². The number of nitrogens with two attached hydrogens (primary N) is 1. The van der Waals surface area contributed by atoms with Crippen LogP contribution in [-0.4, -0.2) is 68.6 Å². The smallest absolute Gasteiger partial charge is 0.433 e. The summed E-state index contributed by atoms with van der Waals surface area (Å²) in [6.45, 7) is 3.60. The summed E-state index contributed by atoms with van der Waals surface area (Å²) < 4.78 is 7.28. The van der Waals surface area contributed by atoms with Crippen molar-refractivity contribution in [3.8, 4) is 0 Å². The van der Waals surface area contributed by atoms with Gasteiger partial charge in [-0.3, -0.25) is 0 Å². The van der Waals surface area contributed by atoms with E-state index >= 15 is 0 Å². The van der Waals surface area contributed by atoms with Crippen LogP contribution >= 0.6 is 0 Å². The number of hydrogen-bond acceptors (Lipinski definition) is 10. The van der Waals surface area contributed by atoms with Gasteiger partial charge in [-0.1, -0.05) is 19.8 Å². The number of anilines is 2. The van der Waals surface area contributed by atoms with Crippen LogP contribution < -0.4 is 16.4 Å². The fourth-order valence-corrected chi connectivity index (χ4v) is 5.58. The van der Waals surface area contributed by atoms with E-state index in [9.17, 15) is 4.79 Å². The van der Waals surface area contributed by atoms with Crippen LogP contribution in [0.1, 0.15) is 83.6 Å². The lowest BCUT2D eigenvalue weighted by atomic mass is 9.92. The Hall–Kier alpha value is -2.66. The molecule has 1 saturated heterocycles. The number of piperidine rings is 1. The zero-order valence-corrected chi connectivity index (χ0v) is 21.3. The van der Waals surface area contributed by atoms with Gasteiger partial charge in [0.15, 0.2) is 17.0 Å². The van der Waals surface area contributed by atoms with Gasteiger partial charge in [0.05, 0.1) is 12.9 Å². The molecule has 0 spiro atoms. The minimum Gasteiger partial charge on any atom is -0.433 e. The van der Waals surface area contributed by atoms with Crippen LogP contribution in [0.25, 0.3) is 11.2 Å². The van der Waals surface area contributed by atoms with Crippen molar-refractivity contribution in [2.24, 2.45) is 5.73 Å². The molecule has 0 aromatic carbocycles. The summed E-state index contributed by atoms with van der Waals surface area (Å²) in [7, 11) is 0. The molecule has 4 N–H and O–H groups in total. The number of fused-ring (bicyclic) bond motifs is 1. The molecule has 0 radical (unpaired) electrons. The van der Waals surface area contributed by atoms with Crippen molar-refractivity contribution in [3.63, 3.8) is 0 Å². The van der Waals surface area contributed by atoms with Gasteiger partial charge in [-0.05, 0) is 57.8 Å². The SMILES string of the molecule is CCCOC(=O)ON1CCC(Nc2nc(N[C@H]3CC[C@H](N)CC3)nc3c2ncn3C2CCCC2)CC1. The lowest BCUT2D eigenvalue weighted by Gasteiger charge is -2.31. The number of rotatable bonds is 8. The topological polar surface area (TPSA) is 132 Å². The molecule has 198 valence electrons. The second kappa shape index (κ2) is 11.6. The van der Waals surface area contributed by atoms with Crippen molar-refractivity contribution in [2.75, 3.05) is 30.3 Å². The first-order valence-electron chi connectivity index (χ1n) is 13.7. The summed E-state index contributed by atoms with van der Waals surface area (Å²) in [5, 5.41) is 8.90. The van der Waals surface area contributed by atoms with Crippen molar-refractivity contribution < 1.29 is 14.4 Å². The van der Waals surface area contributed by atoms with Gasteiger partial charge >= 0.3 is 6.16 Å². The molecule has 2 aromatic rings. The first-order valence-corrected chi connectivity index (χ1v) is 13.7. The van der Waals surface area contributed by atoms with E-state index in [0.717, 1.165) is 61.9 Å². The van der Waals surface area contributed by atoms with Crippen LogP contribution in [0.3, 0.4) is 0 Å². The quantitative estimate of drug-likeness (QED) is 0.457. The molecule has 3 aliphatic rings. The van der Waals surface area contributed by atoms with Crippen LogP contribution in [0.4, 0.5) is 16.6 Å². The first-order chi connectivity index (χ1) is 17.6. The second-order valence-corrected chi connectivity index (χ2v) is 10.5. The third kappa shape index (κ3) is 6.00. The third-order valence-corrected chi connectivity index (χ3v) is 7.67. The molecule has 2 saturated carbocycles. The average Bonchev–Trinajstić information content (AvgIpc) is 3.55. The molecule has 11 nitrogen and oxygen atoms in total. The van der Waals surface area contributed by atoms with Crippen LogP contribution in [0.5, 0.6) is 0 Å². The van der Waals surface area contributed by atoms with E-state index in [1.54, 1.807) is 5.06 Å². The maximum Gasteiger partial charge on any atom is 0.527 e. The average molecular weight is 501 g/mol. The predicted molar refractivity (Wildman–Crippen MR) is 138 cm³/mol. The van der Waals surface area contributed by atoms with E-state index in [2.05, 4.69) is 15.2 Å². The van der Waals surface area contributed by atoms with Crippen molar-refractivity contribution in [1.29, 1.82) is 0 Å². The zero-order chi connectivity index (χ0) is 24.9. The van der Waals surface area contributed by atoms with Gasteiger partial charge in [0.1, 0.15) is 0 Å². The van der Waals surface area contributed by atoms with E-state index in [0.29, 0.717) is 43.8 Å². The Kier molecular flexibility index (Phi) is 8.05. The molecule has 2 aromatic heterocycles. The number of carbonyl (C=O) groups excluding carboxylic acids is 1. The molecule has 3 heterocycles. The van der Waals surface area contributed by atoms with Crippen molar-refractivity contribution in [1.82, 2.24) is 24.6 Å². The van der Waals surface area contributed by atoms with Gasteiger partial charge in [0, 0.05) is 37.3 Å². The maximum atomic E-state index is 11.8. The van der Waals surface area contributed by atoms with Gasteiger partial charge in [0.25, 0.3) is 0 Å². The van der Waals surface area contributed by atoms with Crippen molar-refractivity contribution in [2.45, 2.75) is 102 Å². The largest absolute Gasteiger partial charge is 0.527 e. The van der Waals surface area contributed by atoms with Gasteiger partial charge in [-0.15, -0.1) is 5.06 Å². The lowest BCUT2D eigenvalue weighted by molar-refractivity contribution is -0.138. The highest BCUT2D eigenvalue weighted by Crippen LogP contribution is 2.34. The molecule has 0 atom stereocenters. The van der Waals surface area contributed by atoms with Crippen LogP contribution in [0.15, 0.2) is 6.33 Å². The molecule has 0 unspecified atom stereocenters. The Morgan fingerprint density at radius 1 is 1.03 bits per heavy atom. The predicted octanol–water partition coefficient (Wildman–Crippen LogP) is 3.98. The monoisotopic (exact) mass is 500 g/mol. The normalized spacial score (nSPS) is 24.2. The number of nitrogens with one attached hydrogen (secondary N) is 2. The first kappa shape index (κ1) is 25.0. The van der Waals surface area contributed by atoms with Gasteiger partial charge < -0.3 is 30.5 Å². The Bertz CT molecular complexity index is 1010. The van der Waals surface area contributed by atoms with E-state index in [4.69, 9.17) is 30.3 Å². The van der Waals surface area contributed by atoms with Crippen molar-refractivity contribution in [3.05, 3.63) is 6.33 Å². The Morgan fingerprint density at radius 3 is 2.47 bits per heavy atom. The van der Waals surface area contributed by atoms with E-state index < -0.39 is 6.16 Å². The summed E-state index contributed by atoms with van der Waals surface area (Å²) in [6, 6.07) is 1.29. The Balaban J connectivity index is 1.29. The molecule has 5 rings (SSSR count). The molecule has 1 aliphatic heterocycles. The highest BCUT2D eigenvalue weighted by molar-refractivity contribution is 5.84. The second-order valence-electron chi connectivity index (χ2n) is 10.5. The minimum atomic E-state index is -0.627. The highest BCUT2D eigenvalue weighted by atomic mass is 16.8. The molecule has 0 bridgehead atoms. The minimum absolute atomic E-state index is 0.201. The number of hydroxylamine groups is 2. The molecule has 36 heavy (non-hydrogen) atoms. The third-order valence-electron chi connectivity index (χ3n) is 7.67. The number of ether oxygens (including phenoxy) is 1. The fraction of sp³-hybridized carbons (Fsp3) is 0.760. The summed E-state index contributed by atoms with van der Waals surface area (Å²) in [5.74, 6) is 1.43. The fourth-order valence-electron chi connectivity index (χ4n) is 5.58. The number of aromatic nitrogens is 4. The highest BCUT2D eigenvalue weighted by Gasteiger charge is 2.27. The van der Waals surface area contributed by atoms with Gasteiger partial charge in [0.2, 0.25) is 5.95 Å². The zero-order valence-electron chi connectivity index (χ0n) is 21.3. The lowest BCUT2D eigenvalue weighted by Crippen LogP contribution is -2.40. The molecular formula is C25H40N8O3. The van der Waals surface area contributed by atoms with Crippen LogP contribution in [0.2, 0.25) is 0 Å². The Labute approximate surface area is 212 Å². The van der Waals surface area contributed by atoms with E-state index in [1.165, 1.54) is 25.7 Å². The van der Waals surface area contributed by atoms with E-state index in [1.807, 2.05) is 13.3 Å². The Morgan fingerprint density at radius 2 is 1.75 bits per heavy atom. The summed E-state index contributed by atoms with van der Waals surface area (Å²) in [6.07, 6.45) is 12.7. The molecule has 2 aliphatic carbocycles. The molecular weight excluding hydrogens is 460 g/mol. The van der Waals surface area contributed by atoms with Gasteiger partial charge in [-0.2, -0.15) is 9.97 Å². The number of nitrogens with zero attached hydrogens (tertiary/aromatic N) is 5. The number of hydrogen-bond donors (Lipinski definition) is 3. The molecule has 3 fully saturated rings. The summed E-state index contributed by atoms with van der Waals surface area (Å²) >= 11 is 0. The number of carbonyl (C=O) groups is 1. The van der Waals surface area contributed by atoms with Gasteiger partial charge in [-0.25, -0.2) is 9.78 Å². The van der Waals surface area contributed by atoms with E-state index in [-0.39, 0.29) is 6.04 Å². The summed E-state index contributed by atoms with van der Waals surface area (Å²) in [4.78, 5) is 31.7. The molecule has 0 amide bonds. The standard InChI is InChI=1S/C25H40N8O3/c1-2-15-35-25(34)36-32-13-11-19(12-14-32)28-22-21-23(33(16-27-21)20-5-3-4-6-20)31-24(30-22)29-18-9-7-17(26)8-10-18/h16-20H,2-15,26H2,1H3,(H2,28,29,30,31)/t17-,18-. The molecule has 11 heteroatoms. The maximum absolute atomic E-state index is 11.8. The van der Waals surface area contributed by atoms with Crippen LogP contribution in [0, 0.1) is 0 Å². The summed E-state index contributed by atoms with van der Waals surface area (Å²) in [5.41, 5.74) is 7.82.